The number of ether oxygens (including phenoxy) is 1. The predicted molar refractivity (Wildman–Crippen MR) is 141 cm³/mol. The molecule has 0 bridgehead atoms. The minimum atomic E-state index is 0.112. The van der Waals surface area contributed by atoms with E-state index in [4.69, 9.17) is 19.0 Å². The standard InChI is InChI=1S/C29H23N5O3/c1-19(20-13-15-23(35-2)16-14-20)33-36-17-24-31-28-26-25(21-9-5-3-6-10-21)27(22-11-7-4-8-12-22)37-29(26)30-18-34(28)32-24/h3-16,18H,17H2,1-2H3. The fraction of sp³-hybridized carbons (Fsp3) is 0.103. The van der Waals surface area contributed by atoms with Gasteiger partial charge in [-0.2, -0.15) is 0 Å². The van der Waals surface area contributed by atoms with Crippen molar-refractivity contribution < 1.29 is 14.0 Å². The minimum Gasteiger partial charge on any atom is -0.497 e. The van der Waals surface area contributed by atoms with Crippen molar-refractivity contribution in [3.8, 4) is 28.2 Å². The molecule has 8 heteroatoms. The Morgan fingerprint density at radius 3 is 2.32 bits per heavy atom. The molecule has 0 fully saturated rings. The number of hydrogen-bond donors (Lipinski definition) is 0. The van der Waals surface area contributed by atoms with E-state index in [1.807, 2.05) is 79.7 Å². The van der Waals surface area contributed by atoms with E-state index in [1.54, 1.807) is 18.0 Å². The van der Waals surface area contributed by atoms with E-state index in [9.17, 15) is 0 Å². The molecule has 6 aromatic rings. The van der Waals surface area contributed by atoms with Gasteiger partial charge in [-0.3, -0.25) is 0 Å². The van der Waals surface area contributed by atoms with Crippen LogP contribution in [0.2, 0.25) is 0 Å². The molecule has 0 radical (unpaired) electrons. The van der Waals surface area contributed by atoms with E-state index in [0.29, 0.717) is 17.2 Å². The smallest absolute Gasteiger partial charge is 0.232 e. The van der Waals surface area contributed by atoms with Crippen LogP contribution in [0, 0.1) is 0 Å². The highest BCUT2D eigenvalue weighted by molar-refractivity contribution is 6.07. The summed E-state index contributed by atoms with van der Waals surface area (Å²) in [6, 6.07) is 27.7. The van der Waals surface area contributed by atoms with Gasteiger partial charge in [0.15, 0.2) is 18.1 Å². The summed E-state index contributed by atoms with van der Waals surface area (Å²) in [5, 5.41) is 9.60. The first-order valence-electron chi connectivity index (χ1n) is 11.8. The molecule has 0 spiro atoms. The van der Waals surface area contributed by atoms with Crippen LogP contribution in [0.15, 0.2) is 101 Å². The van der Waals surface area contributed by atoms with Crippen molar-refractivity contribution in [2.75, 3.05) is 7.11 Å². The maximum Gasteiger partial charge on any atom is 0.232 e. The van der Waals surface area contributed by atoms with E-state index in [2.05, 4.69) is 27.4 Å². The first-order chi connectivity index (χ1) is 18.2. The summed E-state index contributed by atoms with van der Waals surface area (Å²) < 4.78 is 13.1. The molecule has 0 saturated carbocycles. The molecular formula is C29H23N5O3. The minimum absolute atomic E-state index is 0.112. The van der Waals surface area contributed by atoms with Gasteiger partial charge in [-0.15, -0.1) is 5.10 Å². The average molecular weight is 490 g/mol. The van der Waals surface area contributed by atoms with Crippen molar-refractivity contribution in [2.45, 2.75) is 13.5 Å². The molecule has 8 nitrogen and oxygen atoms in total. The highest BCUT2D eigenvalue weighted by Gasteiger charge is 2.22. The summed E-state index contributed by atoms with van der Waals surface area (Å²) in [5.41, 5.74) is 5.72. The lowest BCUT2D eigenvalue weighted by Gasteiger charge is -2.03. The van der Waals surface area contributed by atoms with E-state index in [-0.39, 0.29) is 6.61 Å². The third kappa shape index (κ3) is 4.29. The molecule has 3 aromatic heterocycles. The second kappa shape index (κ2) is 9.58. The molecule has 0 amide bonds. The largest absolute Gasteiger partial charge is 0.497 e. The lowest BCUT2D eigenvalue weighted by atomic mass is 9.99. The lowest BCUT2D eigenvalue weighted by Crippen LogP contribution is -1.98. The van der Waals surface area contributed by atoms with Crippen molar-refractivity contribution in [3.05, 3.63) is 103 Å². The molecule has 0 atom stereocenters. The van der Waals surface area contributed by atoms with Crippen LogP contribution in [0.1, 0.15) is 18.3 Å². The second-order valence-corrected chi connectivity index (χ2v) is 8.44. The molecule has 0 aliphatic carbocycles. The number of aromatic nitrogens is 4. The number of furan rings is 1. The SMILES string of the molecule is COc1ccc(C(C)=NOCc2nc3c4c(-c5ccccc5)c(-c5ccccc5)oc4ncn3n2)cc1. The van der Waals surface area contributed by atoms with Crippen molar-refractivity contribution in [2.24, 2.45) is 5.16 Å². The molecule has 0 aliphatic rings. The Labute approximate surface area is 212 Å². The third-order valence-corrected chi connectivity index (χ3v) is 6.07. The van der Waals surface area contributed by atoms with E-state index < -0.39 is 0 Å². The predicted octanol–water partition coefficient (Wildman–Crippen LogP) is 6.15. The van der Waals surface area contributed by atoms with Gasteiger partial charge in [-0.05, 0) is 42.3 Å². The van der Waals surface area contributed by atoms with Gasteiger partial charge in [0.05, 0.1) is 18.2 Å². The molecular weight excluding hydrogens is 466 g/mol. The van der Waals surface area contributed by atoms with Crippen molar-refractivity contribution >= 4 is 22.5 Å². The monoisotopic (exact) mass is 489 g/mol. The maximum atomic E-state index is 6.28. The normalized spacial score (nSPS) is 11.8. The zero-order valence-electron chi connectivity index (χ0n) is 20.3. The molecule has 0 aliphatic heterocycles. The van der Waals surface area contributed by atoms with Gasteiger partial charge in [0, 0.05) is 11.1 Å². The third-order valence-electron chi connectivity index (χ3n) is 6.07. The van der Waals surface area contributed by atoms with Crippen LogP contribution in [0.25, 0.3) is 39.2 Å². The van der Waals surface area contributed by atoms with Crippen LogP contribution in [0.3, 0.4) is 0 Å². The summed E-state index contributed by atoms with van der Waals surface area (Å²) in [6.45, 7) is 2.00. The summed E-state index contributed by atoms with van der Waals surface area (Å²) in [4.78, 5) is 14.9. The van der Waals surface area contributed by atoms with Crippen LogP contribution >= 0.6 is 0 Å². The van der Waals surface area contributed by atoms with Gasteiger partial charge >= 0.3 is 0 Å². The zero-order chi connectivity index (χ0) is 25.2. The Hall–Kier alpha value is -4.98. The van der Waals surface area contributed by atoms with Crippen molar-refractivity contribution in [3.63, 3.8) is 0 Å². The Bertz CT molecular complexity index is 1710. The quantitative estimate of drug-likeness (QED) is 0.197. The van der Waals surface area contributed by atoms with Crippen molar-refractivity contribution in [1.82, 2.24) is 19.6 Å². The van der Waals surface area contributed by atoms with Gasteiger partial charge in [-0.1, -0.05) is 65.8 Å². The number of fused-ring (bicyclic) bond motifs is 3. The first-order valence-corrected chi connectivity index (χ1v) is 11.8. The lowest BCUT2D eigenvalue weighted by molar-refractivity contribution is 0.125. The maximum absolute atomic E-state index is 6.28. The van der Waals surface area contributed by atoms with Crippen LogP contribution in [-0.2, 0) is 11.4 Å². The Kier molecular flexibility index (Phi) is 5.82. The van der Waals surface area contributed by atoms with Gasteiger partial charge in [0.25, 0.3) is 0 Å². The fourth-order valence-corrected chi connectivity index (χ4v) is 4.25. The van der Waals surface area contributed by atoms with E-state index in [1.165, 1.54) is 0 Å². The molecule has 37 heavy (non-hydrogen) atoms. The number of benzene rings is 3. The van der Waals surface area contributed by atoms with E-state index >= 15 is 0 Å². The molecule has 0 saturated heterocycles. The number of nitrogens with zero attached hydrogens (tertiary/aromatic N) is 5. The molecule has 0 N–H and O–H groups in total. The summed E-state index contributed by atoms with van der Waals surface area (Å²) in [6.07, 6.45) is 1.60. The van der Waals surface area contributed by atoms with E-state index in [0.717, 1.165) is 44.9 Å². The molecule has 182 valence electrons. The molecule has 3 aromatic carbocycles. The highest BCUT2D eigenvalue weighted by Crippen LogP contribution is 2.41. The number of oxime groups is 1. The molecule has 3 heterocycles. The van der Waals surface area contributed by atoms with Crippen LogP contribution in [-0.4, -0.2) is 32.4 Å². The summed E-state index contributed by atoms with van der Waals surface area (Å²) in [7, 11) is 1.64. The average Bonchev–Trinajstić information content (AvgIpc) is 3.55. The first kappa shape index (κ1) is 22.5. The van der Waals surface area contributed by atoms with Crippen LogP contribution < -0.4 is 4.74 Å². The Balaban J connectivity index is 1.37. The second-order valence-electron chi connectivity index (χ2n) is 8.44. The van der Waals surface area contributed by atoms with Gasteiger partial charge in [-0.25, -0.2) is 14.5 Å². The van der Waals surface area contributed by atoms with Gasteiger partial charge < -0.3 is 14.0 Å². The molecule has 6 rings (SSSR count). The fourth-order valence-electron chi connectivity index (χ4n) is 4.25. The van der Waals surface area contributed by atoms with Gasteiger partial charge in [0.1, 0.15) is 17.8 Å². The summed E-state index contributed by atoms with van der Waals surface area (Å²) in [5.74, 6) is 2.01. The van der Waals surface area contributed by atoms with Crippen molar-refractivity contribution in [1.29, 1.82) is 0 Å². The van der Waals surface area contributed by atoms with Crippen LogP contribution in [0.5, 0.6) is 5.75 Å². The Morgan fingerprint density at radius 1 is 0.919 bits per heavy atom. The number of methoxy groups -OCH3 is 1. The highest BCUT2D eigenvalue weighted by atomic mass is 16.6. The van der Waals surface area contributed by atoms with Gasteiger partial charge in [0.2, 0.25) is 5.71 Å². The van der Waals surface area contributed by atoms with Crippen LogP contribution in [0.4, 0.5) is 0 Å². The summed E-state index contributed by atoms with van der Waals surface area (Å²) >= 11 is 0. The Morgan fingerprint density at radius 2 is 1.62 bits per heavy atom. The number of hydrogen-bond acceptors (Lipinski definition) is 7. The topological polar surface area (TPSA) is 87.0 Å². The number of rotatable bonds is 7. The zero-order valence-corrected chi connectivity index (χ0v) is 20.3. The molecule has 0 unspecified atom stereocenters.